The second-order valence-corrected chi connectivity index (χ2v) is 17.9. The lowest BCUT2D eigenvalue weighted by Crippen LogP contribution is -2.29. The standard InChI is InChI=1S/C50H93O9P/c1-3-5-7-9-11-13-15-17-19-21-22-23-24-25-27-29-31-33-35-37-39-41-43-56-46-49(47-58-60(54,55)57-45-48(52)44-51)59-50(53)42-40-38-36-34-32-30-28-26-20-18-16-14-12-10-8-6-4-2/h15,17-18,20-22,24-25,48-49,51-52H,3-14,16,19,23,26-47H2,1-2H3,(H,54,55)/b17-15-,20-18-,22-21-,25-24-. The van der Waals surface area contributed by atoms with Crippen LogP contribution in [0, 0.1) is 0 Å². The Balaban J connectivity index is 4.13. The number of allylic oxidation sites excluding steroid dienone is 8. The van der Waals surface area contributed by atoms with E-state index in [2.05, 4.69) is 62.5 Å². The van der Waals surface area contributed by atoms with Gasteiger partial charge in [-0.3, -0.25) is 13.8 Å². The Bertz CT molecular complexity index is 1080. The number of aliphatic hydroxyl groups is 2. The largest absolute Gasteiger partial charge is 0.472 e. The molecule has 0 saturated heterocycles. The summed E-state index contributed by atoms with van der Waals surface area (Å²) < 4.78 is 33.5. The lowest BCUT2D eigenvalue weighted by atomic mass is 10.1. The maximum atomic E-state index is 12.7. The van der Waals surface area contributed by atoms with Crippen LogP contribution in [0.1, 0.15) is 219 Å². The van der Waals surface area contributed by atoms with Gasteiger partial charge in [-0.05, 0) is 77.0 Å². The van der Waals surface area contributed by atoms with Crippen LogP contribution < -0.4 is 0 Å². The van der Waals surface area contributed by atoms with Crippen molar-refractivity contribution in [1.29, 1.82) is 0 Å². The minimum atomic E-state index is -4.53. The minimum Gasteiger partial charge on any atom is -0.457 e. The van der Waals surface area contributed by atoms with Crippen molar-refractivity contribution >= 4 is 13.8 Å². The molecule has 0 aromatic heterocycles. The number of carbonyl (C=O) groups excluding carboxylic acids is 1. The number of unbranched alkanes of at least 4 members (excludes halogenated alkanes) is 25. The predicted molar refractivity (Wildman–Crippen MR) is 251 cm³/mol. The number of aliphatic hydroxyl groups excluding tert-OH is 2. The van der Waals surface area contributed by atoms with Crippen molar-refractivity contribution in [2.75, 3.05) is 33.0 Å². The number of hydrogen-bond acceptors (Lipinski definition) is 8. The van der Waals surface area contributed by atoms with Gasteiger partial charge in [-0.25, -0.2) is 4.57 Å². The summed E-state index contributed by atoms with van der Waals surface area (Å²) in [4.78, 5) is 22.7. The highest BCUT2D eigenvalue weighted by Crippen LogP contribution is 2.43. The lowest BCUT2D eigenvalue weighted by molar-refractivity contribution is -0.154. The third-order valence-electron chi connectivity index (χ3n) is 10.5. The van der Waals surface area contributed by atoms with Crippen LogP contribution in [0.4, 0.5) is 0 Å². The van der Waals surface area contributed by atoms with Crippen LogP contribution in [-0.4, -0.2) is 66.3 Å². The van der Waals surface area contributed by atoms with Gasteiger partial charge < -0.3 is 24.6 Å². The summed E-state index contributed by atoms with van der Waals surface area (Å²) >= 11 is 0. The van der Waals surface area contributed by atoms with E-state index >= 15 is 0 Å². The molecule has 0 aromatic carbocycles. The van der Waals surface area contributed by atoms with Gasteiger partial charge in [-0.2, -0.15) is 0 Å². The molecule has 9 nitrogen and oxygen atoms in total. The molecule has 0 saturated carbocycles. The summed E-state index contributed by atoms with van der Waals surface area (Å²) in [5.41, 5.74) is 0. The van der Waals surface area contributed by atoms with E-state index in [1.54, 1.807) is 0 Å². The highest BCUT2D eigenvalue weighted by atomic mass is 31.2. The molecule has 0 aromatic rings. The molecule has 10 heteroatoms. The van der Waals surface area contributed by atoms with Gasteiger partial charge in [0.15, 0.2) is 0 Å². The highest BCUT2D eigenvalue weighted by Gasteiger charge is 2.26. The number of carbonyl (C=O) groups is 1. The molecule has 60 heavy (non-hydrogen) atoms. The molecule has 0 amide bonds. The van der Waals surface area contributed by atoms with Crippen molar-refractivity contribution in [1.82, 2.24) is 0 Å². The minimum absolute atomic E-state index is 0.0405. The number of phosphoric acid groups is 1. The summed E-state index contributed by atoms with van der Waals surface area (Å²) in [6, 6.07) is 0. The van der Waals surface area contributed by atoms with Crippen molar-refractivity contribution in [2.45, 2.75) is 232 Å². The summed E-state index contributed by atoms with van der Waals surface area (Å²) in [6.07, 6.45) is 53.5. The van der Waals surface area contributed by atoms with Crippen molar-refractivity contribution in [3.8, 4) is 0 Å². The number of ether oxygens (including phenoxy) is 2. The average Bonchev–Trinajstić information content (AvgIpc) is 3.24. The Kier molecular flexibility index (Phi) is 45.7. The van der Waals surface area contributed by atoms with Crippen molar-refractivity contribution in [2.24, 2.45) is 0 Å². The first-order valence-electron chi connectivity index (χ1n) is 24.6. The Hall–Kier alpha value is -1.58. The molecule has 0 aliphatic heterocycles. The Morgan fingerprint density at radius 1 is 0.517 bits per heavy atom. The third-order valence-corrected chi connectivity index (χ3v) is 11.4. The molecular weight excluding hydrogens is 776 g/mol. The molecule has 3 N–H and O–H groups in total. The van der Waals surface area contributed by atoms with E-state index in [9.17, 15) is 19.4 Å². The van der Waals surface area contributed by atoms with Crippen LogP contribution >= 0.6 is 7.82 Å². The molecule has 0 aliphatic rings. The molecule has 0 radical (unpaired) electrons. The summed E-state index contributed by atoms with van der Waals surface area (Å²) in [5, 5.41) is 18.4. The first kappa shape index (κ1) is 58.4. The van der Waals surface area contributed by atoms with Crippen LogP contribution in [0.25, 0.3) is 0 Å². The van der Waals surface area contributed by atoms with Gasteiger partial charge in [0.25, 0.3) is 0 Å². The Morgan fingerprint density at radius 2 is 0.900 bits per heavy atom. The topological polar surface area (TPSA) is 132 Å². The zero-order chi connectivity index (χ0) is 43.9. The van der Waals surface area contributed by atoms with Crippen molar-refractivity contribution in [3.05, 3.63) is 48.6 Å². The number of hydrogen-bond donors (Lipinski definition) is 3. The molecular formula is C50H93O9P. The van der Waals surface area contributed by atoms with E-state index < -0.39 is 39.2 Å². The van der Waals surface area contributed by atoms with E-state index in [0.29, 0.717) is 6.61 Å². The van der Waals surface area contributed by atoms with E-state index in [4.69, 9.17) is 23.6 Å². The molecule has 0 bridgehead atoms. The molecule has 0 spiro atoms. The normalized spacial score (nSPS) is 14.3. The van der Waals surface area contributed by atoms with Gasteiger partial charge in [0.05, 0.1) is 26.4 Å². The first-order chi connectivity index (χ1) is 29.3. The van der Waals surface area contributed by atoms with E-state index in [-0.39, 0.29) is 19.6 Å². The van der Waals surface area contributed by atoms with Crippen molar-refractivity contribution < 1.29 is 43.0 Å². The fourth-order valence-corrected chi connectivity index (χ4v) is 7.50. The fraction of sp³-hybridized carbons (Fsp3) is 0.820. The molecule has 0 rings (SSSR count). The molecule has 3 atom stereocenters. The van der Waals surface area contributed by atoms with Gasteiger partial charge in [-0.1, -0.05) is 184 Å². The van der Waals surface area contributed by atoms with Gasteiger partial charge in [0, 0.05) is 13.0 Å². The molecule has 3 unspecified atom stereocenters. The SMILES string of the molecule is CCCCCCC/C=C\C/C=C\C/C=C\CCCCCCCCCOCC(COP(=O)(O)OCC(O)CO)OC(=O)CCCCCCCCC/C=C\CCCCCCCC. The van der Waals surface area contributed by atoms with Gasteiger partial charge in [-0.15, -0.1) is 0 Å². The second-order valence-electron chi connectivity index (χ2n) is 16.5. The maximum absolute atomic E-state index is 12.7. The number of phosphoric ester groups is 1. The predicted octanol–water partition coefficient (Wildman–Crippen LogP) is 14.1. The smallest absolute Gasteiger partial charge is 0.457 e. The van der Waals surface area contributed by atoms with E-state index in [1.807, 2.05) is 0 Å². The molecule has 0 aliphatic carbocycles. The zero-order valence-corrected chi connectivity index (χ0v) is 39.6. The Morgan fingerprint density at radius 3 is 1.37 bits per heavy atom. The van der Waals surface area contributed by atoms with Gasteiger partial charge in [0.2, 0.25) is 0 Å². The fourth-order valence-electron chi connectivity index (χ4n) is 6.71. The number of esters is 1. The molecule has 0 heterocycles. The van der Waals surface area contributed by atoms with Crippen LogP contribution in [0.2, 0.25) is 0 Å². The van der Waals surface area contributed by atoms with Gasteiger partial charge in [0.1, 0.15) is 12.2 Å². The quantitative estimate of drug-likeness (QED) is 0.0237. The van der Waals surface area contributed by atoms with Crippen molar-refractivity contribution in [3.63, 3.8) is 0 Å². The number of rotatable bonds is 47. The average molecular weight is 869 g/mol. The van der Waals surface area contributed by atoms with Crippen LogP contribution in [0.5, 0.6) is 0 Å². The van der Waals surface area contributed by atoms with Crippen LogP contribution in [-0.2, 0) is 27.9 Å². The second kappa shape index (κ2) is 46.9. The summed E-state index contributed by atoms with van der Waals surface area (Å²) in [5.74, 6) is -0.390. The first-order valence-corrected chi connectivity index (χ1v) is 26.1. The Labute approximate surface area is 368 Å². The van der Waals surface area contributed by atoms with Crippen LogP contribution in [0.3, 0.4) is 0 Å². The van der Waals surface area contributed by atoms with Gasteiger partial charge >= 0.3 is 13.8 Å². The monoisotopic (exact) mass is 869 g/mol. The molecule has 352 valence electrons. The van der Waals surface area contributed by atoms with E-state index in [0.717, 1.165) is 70.6 Å². The van der Waals surface area contributed by atoms with E-state index in [1.165, 1.54) is 128 Å². The summed E-state index contributed by atoms with van der Waals surface area (Å²) in [7, 11) is -4.53. The lowest BCUT2D eigenvalue weighted by Gasteiger charge is -2.20. The molecule has 0 fully saturated rings. The maximum Gasteiger partial charge on any atom is 0.472 e. The highest BCUT2D eigenvalue weighted by molar-refractivity contribution is 7.47. The third kappa shape index (κ3) is 45.9. The summed E-state index contributed by atoms with van der Waals surface area (Å²) in [6.45, 7) is 3.49. The van der Waals surface area contributed by atoms with Crippen LogP contribution in [0.15, 0.2) is 48.6 Å². The zero-order valence-electron chi connectivity index (χ0n) is 38.7.